The maximum absolute atomic E-state index is 12.6. The van der Waals surface area contributed by atoms with Crippen LogP contribution < -0.4 is 10.3 Å². The lowest BCUT2D eigenvalue weighted by Gasteiger charge is -2.13. The third-order valence-electron chi connectivity index (χ3n) is 3.55. The Morgan fingerprint density at radius 3 is 2.38 bits per heavy atom. The van der Waals surface area contributed by atoms with Crippen LogP contribution in [0.15, 0.2) is 53.3 Å². The Bertz CT molecular complexity index is 979. The highest BCUT2D eigenvalue weighted by atomic mass is 35.5. The Labute approximate surface area is 143 Å². The number of carbonyl (C=O) groups is 1. The van der Waals surface area contributed by atoms with Crippen LogP contribution in [0.4, 0.5) is 0 Å². The van der Waals surface area contributed by atoms with Crippen molar-refractivity contribution in [1.29, 1.82) is 0 Å². The smallest absolute Gasteiger partial charge is 0.364 e. The van der Waals surface area contributed by atoms with E-state index in [2.05, 4.69) is 5.10 Å². The molecule has 0 saturated heterocycles. The SMILES string of the molecule is CC(C)n1nc(C(=O)Oc2ccccc2Cl)c2ccccc2c1=O. The number of nitrogens with zero attached hydrogens (tertiary/aromatic N) is 2. The highest BCUT2D eigenvalue weighted by Crippen LogP contribution is 2.25. The molecular weight excluding hydrogens is 328 g/mol. The number of benzene rings is 2. The van der Waals surface area contributed by atoms with Crippen molar-refractivity contribution in [3.8, 4) is 5.75 Å². The predicted octanol–water partition coefficient (Wildman–Crippen LogP) is 3.85. The van der Waals surface area contributed by atoms with Gasteiger partial charge in [-0.1, -0.05) is 41.9 Å². The van der Waals surface area contributed by atoms with Gasteiger partial charge in [-0.2, -0.15) is 5.10 Å². The molecule has 5 nitrogen and oxygen atoms in total. The first kappa shape index (κ1) is 16.2. The van der Waals surface area contributed by atoms with Crippen LogP contribution >= 0.6 is 11.6 Å². The van der Waals surface area contributed by atoms with Crippen LogP contribution in [0.3, 0.4) is 0 Å². The van der Waals surface area contributed by atoms with Crippen LogP contribution in [0, 0.1) is 0 Å². The van der Waals surface area contributed by atoms with Gasteiger partial charge in [0.25, 0.3) is 5.56 Å². The summed E-state index contributed by atoms with van der Waals surface area (Å²) in [6.45, 7) is 3.65. The highest BCUT2D eigenvalue weighted by Gasteiger charge is 2.20. The molecule has 0 bridgehead atoms. The number of carbonyl (C=O) groups excluding carboxylic acids is 1. The molecule has 0 aliphatic carbocycles. The van der Waals surface area contributed by atoms with Crippen molar-refractivity contribution < 1.29 is 9.53 Å². The molecule has 3 rings (SSSR count). The number of esters is 1. The van der Waals surface area contributed by atoms with Gasteiger partial charge in [-0.15, -0.1) is 0 Å². The number of halogens is 1. The van der Waals surface area contributed by atoms with E-state index in [4.69, 9.17) is 16.3 Å². The Morgan fingerprint density at radius 1 is 1.08 bits per heavy atom. The molecule has 0 radical (unpaired) electrons. The Hall–Kier alpha value is -2.66. The van der Waals surface area contributed by atoms with E-state index in [1.165, 1.54) is 4.68 Å². The van der Waals surface area contributed by atoms with Crippen molar-refractivity contribution in [1.82, 2.24) is 9.78 Å². The highest BCUT2D eigenvalue weighted by molar-refractivity contribution is 6.32. The molecule has 0 spiro atoms. The van der Waals surface area contributed by atoms with Gasteiger partial charge in [0, 0.05) is 5.39 Å². The number of hydrogen-bond donors (Lipinski definition) is 0. The normalized spacial score (nSPS) is 11.0. The Morgan fingerprint density at radius 2 is 1.71 bits per heavy atom. The zero-order valence-electron chi connectivity index (χ0n) is 13.2. The minimum Gasteiger partial charge on any atom is -0.420 e. The molecule has 6 heteroatoms. The fraction of sp³-hybridized carbons (Fsp3) is 0.167. The lowest BCUT2D eigenvalue weighted by atomic mass is 10.1. The van der Waals surface area contributed by atoms with E-state index in [0.717, 1.165) is 0 Å². The lowest BCUT2D eigenvalue weighted by molar-refractivity contribution is 0.0728. The van der Waals surface area contributed by atoms with Gasteiger partial charge >= 0.3 is 5.97 Å². The van der Waals surface area contributed by atoms with Crippen molar-refractivity contribution >= 4 is 28.3 Å². The molecule has 0 aliphatic rings. The molecule has 3 aromatic rings. The van der Waals surface area contributed by atoms with Gasteiger partial charge in [0.2, 0.25) is 0 Å². The van der Waals surface area contributed by atoms with E-state index >= 15 is 0 Å². The average molecular weight is 343 g/mol. The van der Waals surface area contributed by atoms with Gasteiger partial charge in [0.1, 0.15) is 5.75 Å². The molecule has 24 heavy (non-hydrogen) atoms. The molecule has 0 saturated carbocycles. The Balaban J connectivity index is 2.15. The van der Waals surface area contributed by atoms with Gasteiger partial charge in [-0.05, 0) is 32.0 Å². The van der Waals surface area contributed by atoms with Crippen LogP contribution in [-0.4, -0.2) is 15.7 Å². The number of rotatable bonds is 3. The number of para-hydroxylation sites is 1. The first-order valence-corrected chi connectivity index (χ1v) is 7.85. The summed E-state index contributed by atoms with van der Waals surface area (Å²) in [5.74, 6) is -0.411. The molecule has 0 fully saturated rings. The van der Waals surface area contributed by atoms with Crippen LogP contribution in [0.25, 0.3) is 10.8 Å². The molecule has 0 amide bonds. The molecule has 0 atom stereocenters. The molecule has 1 aromatic heterocycles. The standard InChI is InChI=1S/C18H15ClN2O3/c1-11(2)21-17(22)13-8-4-3-7-12(13)16(20-21)18(23)24-15-10-6-5-9-14(15)19/h3-11H,1-2H3. The van der Waals surface area contributed by atoms with E-state index in [0.29, 0.717) is 15.8 Å². The monoisotopic (exact) mass is 342 g/mol. The molecule has 2 aromatic carbocycles. The number of aromatic nitrogens is 2. The topological polar surface area (TPSA) is 61.2 Å². The Kier molecular flexibility index (Phi) is 4.36. The molecule has 0 aliphatic heterocycles. The first-order valence-electron chi connectivity index (χ1n) is 7.47. The summed E-state index contributed by atoms with van der Waals surface area (Å²) >= 11 is 6.03. The molecule has 1 heterocycles. The number of ether oxygens (including phenoxy) is 1. The third kappa shape index (κ3) is 2.90. The van der Waals surface area contributed by atoms with Gasteiger partial charge in [0.15, 0.2) is 5.69 Å². The summed E-state index contributed by atoms with van der Waals surface area (Å²) in [5, 5.41) is 5.42. The second-order valence-corrected chi connectivity index (χ2v) is 5.96. The van der Waals surface area contributed by atoms with Crippen molar-refractivity contribution in [2.75, 3.05) is 0 Å². The zero-order chi connectivity index (χ0) is 17.3. The second kappa shape index (κ2) is 6.45. The third-order valence-corrected chi connectivity index (χ3v) is 3.86. The number of fused-ring (bicyclic) bond motifs is 1. The van der Waals surface area contributed by atoms with Crippen molar-refractivity contribution in [2.24, 2.45) is 0 Å². The fourth-order valence-corrected chi connectivity index (χ4v) is 2.56. The van der Waals surface area contributed by atoms with Crippen LogP contribution in [0.2, 0.25) is 5.02 Å². The largest absolute Gasteiger partial charge is 0.420 e. The molecular formula is C18H15ClN2O3. The van der Waals surface area contributed by atoms with E-state index < -0.39 is 5.97 Å². The van der Waals surface area contributed by atoms with Gasteiger partial charge in [-0.25, -0.2) is 9.48 Å². The predicted molar refractivity (Wildman–Crippen MR) is 92.8 cm³/mol. The van der Waals surface area contributed by atoms with Gasteiger partial charge in [-0.3, -0.25) is 4.79 Å². The summed E-state index contributed by atoms with van der Waals surface area (Å²) < 4.78 is 6.65. The molecule has 0 unspecified atom stereocenters. The van der Waals surface area contributed by atoms with Crippen LogP contribution in [-0.2, 0) is 0 Å². The average Bonchev–Trinajstić information content (AvgIpc) is 2.57. The minimum atomic E-state index is -0.659. The van der Waals surface area contributed by atoms with Crippen LogP contribution in [0.5, 0.6) is 5.75 Å². The second-order valence-electron chi connectivity index (χ2n) is 5.56. The van der Waals surface area contributed by atoms with E-state index in [9.17, 15) is 9.59 Å². The van der Waals surface area contributed by atoms with Gasteiger partial charge in [0.05, 0.1) is 16.5 Å². The van der Waals surface area contributed by atoms with Gasteiger partial charge < -0.3 is 4.74 Å². The quantitative estimate of drug-likeness (QED) is 0.536. The van der Waals surface area contributed by atoms with Crippen molar-refractivity contribution in [2.45, 2.75) is 19.9 Å². The minimum absolute atomic E-state index is 0.0822. The summed E-state index contributed by atoms with van der Waals surface area (Å²) in [6.07, 6.45) is 0. The number of hydrogen-bond acceptors (Lipinski definition) is 4. The summed E-state index contributed by atoms with van der Waals surface area (Å²) in [4.78, 5) is 25.1. The van der Waals surface area contributed by atoms with Crippen molar-refractivity contribution in [3.05, 3.63) is 69.6 Å². The maximum Gasteiger partial charge on any atom is 0.364 e. The summed E-state index contributed by atoms with van der Waals surface area (Å²) in [7, 11) is 0. The van der Waals surface area contributed by atoms with E-state index in [1.54, 1.807) is 48.5 Å². The molecule has 0 N–H and O–H groups in total. The first-order chi connectivity index (χ1) is 11.5. The van der Waals surface area contributed by atoms with E-state index in [-0.39, 0.29) is 23.0 Å². The van der Waals surface area contributed by atoms with Crippen LogP contribution in [0.1, 0.15) is 30.4 Å². The zero-order valence-corrected chi connectivity index (χ0v) is 13.9. The molecule has 122 valence electrons. The maximum atomic E-state index is 12.6. The summed E-state index contributed by atoms with van der Waals surface area (Å²) in [6, 6.07) is 13.3. The van der Waals surface area contributed by atoms with E-state index in [1.807, 2.05) is 13.8 Å². The van der Waals surface area contributed by atoms with Crippen molar-refractivity contribution in [3.63, 3.8) is 0 Å². The fourth-order valence-electron chi connectivity index (χ4n) is 2.38. The lowest BCUT2D eigenvalue weighted by Crippen LogP contribution is -2.28. The summed E-state index contributed by atoms with van der Waals surface area (Å²) in [5.41, 5.74) is -0.159.